The fraction of sp³-hybridized carbons (Fsp3) is 0.300. The molecule has 0 aromatic heterocycles. The zero-order valence-corrected chi connectivity index (χ0v) is 15.3. The minimum absolute atomic E-state index is 0.100. The van der Waals surface area contributed by atoms with Crippen LogP contribution in [0.2, 0.25) is 0 Å². The molecule has 0 bridgehead atoms. The lowest BCUT2D eigenvalue weighted by Crippen LogP contribution is -2.34. The van der Waals surface area contributed by atoms with Gasteiger partial charge in [0.2, 0.25) is 5.91 Å². The van der Waals surface area contributed by atoms with Crippen molar-refractivity contribution >= 4 is 28.9 Å². The average Bonchev–Trinajstić information content (AvgIpc) is 2.61. The highest BCUT2D eigenvalue weighted by atomic mass is 32.1. The Kier molecular flexibility index (Phi) is 7.92. The van der Waals surface area contributed by atoms with Gasteiger partial charge in [-0.1, -0.05) is 49.7 Å². The molecule has 132 valence electrons. The number of hydrogen-bond donors (Lipinski definition) is 2. The van der Waals surface area contributed by atoms with Crippen molar-refractivity contribution in [2.75, 3.05) is 11.9 Å². The van der Waals surface area contributed by atoms with Gasteiger partial charge in [0, 0.05) is 18.2 Å². The number of anilines is 1. The first kappa shape index (κ1) is 18.9. The molecule has 0 fully saturated rings. The van der Waals surface area contributed by atoms with Gasteiger partial charge in [-0.3, -0.25) is 4.79 Å². The number of rotatable bonds is 8. The number of thiocarbonyl (C=S) groups is 1. The third kappa shape index (κ3) is 7.35. The van der Waals surface area contributed by atoms with Crippen LogP contribution in [0.3, 0.4) is 0 Å². The summed E-state index contributed by atoms with van der Waals surface area (Å²) < 4.78 is 5.67. The minimum Gasteiger partial charge on any atom is -0.494 e. The molecule has 0 heterocycles. The van der Waals surface area contributed by atoms with Crippen LogP contribution < -0.4 is 15.4 Å². The van der Waals surface area contributed by atoms with Gasteiger partial charge in [-0.05, 0) is 42.8 Å². The van der Waals surface area contributed by atoms with Gasteiger partial charge in [0.05, 0.1) is 6.61 Å². The Labute approximate surface area is 154 Å². The summed E-state index contributed by atoms with van der Waals surface area (Å²) in [6, 6.07) is 17.5. The summed E-state index contributed by atoms with van der Waals surface area (Å²) in [7, 11) is 0. The van der Waals surface area contributed by atoms with Gasteiger partial charge in [0.15, 0.2) is 5.11 Å². The van der Waals surface area contributed by atoms with E-state index in [4.69, 9.17) is 17.0 Å². The molecule has 0 spiro atoms. The monoisotopic (exact) mass is 356 g/mol. The molecule has 2 N–H and O–H groups in total. The molecule has 0 unspecified atom stereocenters. The summed E-state index contributed by atoms with van der Waals surface area (Å²) in [6.45, 7) is 2.82. The third-order valence-electron chi connectivity index (χ3n) is 3.60. The van der Waals surface area contributed by atoms with Gasteiger partial charge >= 0.3 is 0 Å². The van der Waals surface area contributed by atoms with E-state index in [1.807, 2.05) is 54.6 Å². The average molecular weight is 356 g/mol. The predicted octanol–water partition coefficient (Wildman–Crippen LogP) is 4.31. The maximum Gasteiger partial charge on any atom is 0.226 e. The van der Waals surface area contributed by atoms with Crippen LogP contribution in [0.25, 0.3) is 0 Å². The van der Waals surface area contributed by atoms with E-state index in [1.54, 1.807) is 0 Å². The van der Waals surface area contributed by atoms with E-state index < -0.39 is 0 Å². The highest BCUT2D eigenvalue weighted by molar-refractivity contribution is 7.80. The molecule has 0 aliphatic carbocycles. The van der Waals surface area contributed by atoms with Crippen molar-refractivity contribution in [1.29, 1.82) is 0 Å². The maximum absolute atomic E-state index is 12.0. The number of carbonyl (C=O) groups excluding carboxylic acids is 1. The first-order valence-corrected chi connectivity index (χ1v) is 8.96. The van der Waals surface area contributed by atoms with E-state index in [-0.39, 0.29) is 5.91 Å². The van der Waals surface area contributed by atoms with Crippen LogP contribution in [0, 0.1) is 0 Å². The number of benzene rings is 2. The lowest BCUT2D eigenvalue weighted by molar-refractivity contribution is -0.119. The number of hydrogen-bond acceptors (Lipinski definition) is 3. The van der Waals surface area contributed by atoms with Gasteiger partial charge in [-0.2, -0.15) is 0 Å². The van der Waals surface area contributed by atoms with Gasteiger partial charge < -0.3 is 15.4 Å². The Hall–Kier alpha value is -2.40. The number of ether oxygens (including phenoxy) is 1. The zero-order valence-electron chi connectivity index (χ0n) is 14.5. The highest BCUT2D eigenvalue weighted by Crippen LogP contribution is 2.17. The van der Waals surface area contributed by atoms with Crippen molar-refractivity contribution < 1.29 is 9.53 Å². The van der Waals surface area contributed by atoms with Crippen LogP contribution in [0.1, 0.15) is 31.7 Å². The first-order valence-electron chi connectivity index (χ1n) is 8.55. The topological polar surface area (TPSA) is 50.4 Å². The summed E-state index contributed by atoms with van der Waals surface area (Å²) in [5.74, 6) is 0.688. The quantitative estimate of drug-likeness (QED) is 0.547. The van der Waals surface area contributed by atoms with Crippen LogP contribution in [0.15, 0.2) is 54.6 Å². The van der Waals surface area contributed by atoms with E-state index in [0.29, 0.717) is 24.6 Å². The summed E-state index contributed by atoms with van der Waals surface area (Å²) in [5, 5.41) is 6.03. The highest BCUT2D eigenvalue weighted by Gasteiger charge is 2.06. The SMILES string of the molecule is CCCCOc1cccc(NC(=S)NC(=O)CCc2ccccc2)c1. The summed E-state index contributed by atoms with van der Waals surface area (Å²) in [6.07, 6.45) is 3.20. The van der Waals surface area contributed by atoms with Crippen LogP contribution in [-0.4, -0.2) is 17.6 Å². The molecular formula is C20H24N2O2S. The number of carbonyl (C=O) groups is 1. The van der Waals surface area contributed by atoms with Crippen molar-refractivity contribution in [2.24, 2.45) is 0 Å². The summed E-state index contributed by atoms with van der Waals surface area (Å²) >= 11 is 5.21. The molecule has 0 saturated carbocycles. The fourth-order valence-corrected chi connectivity index (χ4v) is 2.48. The second kappa shape index (κ2) is 10.5. The summed E-state index contributed by atoms with van der Waals surface area (Å²) in [5.41, 5.74) is 1.93. The van der Waals surface area contributed by atoms with Gasteiger partial charge in [-0.15, -0.1) is 0 Å². The number of unbranched alkanes of at least 4 members (excludes halogenated alkanes) is 1. The fourth-order valence-electron chi connectivity index (χ4n) is 2.25. The Bertz CT molecular complexity index is 689. The largest absolute Gasteiger partial charge is 0.494 e. The predicted molar refractivity (Wildman–Crippen MR) is 106 cm³/mol. The smallest absolute Gasteiger partial charge is 0.226 e. The second-order valence-corrected chi connectivity index (χ2v) is 6.13. The molecule has 0 atom stereocenters. The molecule has 5 heteroatoms. The number of nitrogens with one attached hydrogen (secondary N) is 2. The molecule has 4 nitrogen and oxygen atoms in total. The molecule has 25 heavy (non-hydrogen) atoms. The van der Waals surface area contributed by atoms with Crippen LogP contribution in [0.5, 0.6) is 5.75 Å². The minimum atomic E-state index is -0.100. The molecule has 0 saturated heterocycles. The van der Waals surface area contributed by atoms with Gasteiger partial charge in [-0.25, -0.2) is 0 Å². The Balaban J connectivity index is 1.77. The Morgan fingerprint density at radius 2 is 1.92 bits per heavy atom. The normalized spacial score (nSPS) is 10.1. The molecule has 0 aliphatic heterocycles. The van der Waals surface area contributed by atoms with E-state index >= 15 is 0 Å². The summed E-state index contributed by atoms with van der Waals surface area (Å²) in [4.78, 5) is 12.0. The van der Waals surface area contributed by atoms with Crippen molar-refractivity contribution in [3.8, 4) is 5.75 Å². The standard InChI is InChI=1S/C20H24N2O2S/c1-2-3-14-24-18-11-7-10-17(15-18)21-20(25)22-19(23)13-12-16-8-5-4-6-9-16/h4-11,15H,2-3,12-14H2,1H3,(H2,21,22,23,25). The molecule has 0 radical (unpaired) electrons. The second-order valence-electron chi connectivity index (χ2n) is 5.72. The number of amides is 1. The lowest BCUT2D eigenvalue weighted by atomic mass is 10.1. The van der Waals surface area contributed by atoms with E-state index in [9.17, 15) is 4.79 Å². The maximum atomic E-state index is 12.0. The molecule has 2 rings (SSSR count). The van der Waals surface area contributed by atoms with Crippen molar-refractivity contribution in [3.63, 3.8) is 0 Å². The van der Waals surface area contributed by atoms with Crippen LogP contribution in [0.4, 0.5) is 5.69 Å². The zero-order chi connectivity index (χ0) is 17.9. The molecule has 0 aliphatic rings. The van der Waals surface area contributed by atoms with Gasteiger partial charge in [0.25, 0.3) is 0 Å². The molecule has 2 aromatic rings. The first-order chi connectivity index (χ1) is 12.2. The van der Waals surface area contributed by atoms with E-state index in [1.165, 1.54) is 0 Å². The van der Waals surface area contributed by atoms with Gasteiger partial charge in [0.1, 0.15) is 5.75 Å². The Morgan fingerprint density at radius 1 is 1.12 bits per heavy atom. The van der Waals surface area contributed by atoms with Crippen molar-refractivity contribution in [1.82, 2.24) is 5.32 Å². The third-order valence-corrected chi connectivity index (χ3v) is 3.80. The van der Waals surface area contributed by atoms with Crippen LogP contribution in [-0.2, 0) is 11.2 Å². The molecule has 1 amide bonds. The lowest BCUT2D eigenvalue weighted by Gasteiger charge is -2.11. The molecular weight excluding hydrogens is 332 g/mol. The number of aryl methyl sites for hydroxylation is 1. The van der Waals surface area contributed by atoms with E-state index in [2.05, 4.69) is 17.6 Å². The Morgan fingerprint density at radius 3 is 2.68 bits per heavy atom. The van der Waals surface area contributed by atoms with Crippen LogP contribution >= 0.6 is 12.2 Å². The molecule has 2 aromatic carbocycles. The van der Waals surface area contributed by atoms with E-state index in [0.717, 1.165) is 29.8 Å². The van der Waals surface area contributed by atoms with Crippen molar-refractivity contribution in [3.05, 3.63) is 60.2 Å². The van der Waals surface area contributed by atoms with Crippen molar-refractivity contribution in [2.45, 2.75) is 32.6 Å².